The molecule has 1 atom stereocenters. The van der Waals surface area contributed by atoms with Crippen LogP contribution in [0.4, 0.5) is 5.69 Å². The van der Waals surface area contributed by atoms with E-state index in [2.05, 4.69) is 29.2 Å². The number of nitrogens with zero attached hydrogens (tertiary/aromatic N) is 1. The summed E-state index contributed by atoms with van der Waals surface area (Å²) in [7, 11) is 0. The number of para-hydroxylation sites is 1. The van der Waals surface area contributed by atoms with E-state index in [0.717, 1.165) is 18.0 Å². The van der Waals surface area contributed by atoms with Gasteiger partial charge >= 0.3 is 0 Å². The molecule has 1 aliphatic rings. The van der Waals surface area contributed by atoms with E-state index < -0.39 is 0 Å². The Balaban J connectivity index is 1.97. The molecule has 1 aliphatic heterocycles. The summed E-state index contributed by atoms with van der Waals surface area (Å²) in [5.41, 5.74) is 8.78. The van der Waals surface area contributed by atoms with Gasteiger partial charge in [0, 0.05) is 29.0 Å². The Morgan fingerprint density at radius 3 is 2.95 bits per heavy atom. The van der Waals surface area contributed by atoms with Crippen LogP contribution in [0.5, 0.6) is 0 Å². The minimum atomic E-state index is 0.235. The molecule has 0 radical (unpaired) electrons. The lowest BCUT2D eigenvalue weighted by Crippen LogP contribution is -2.37. The van der Waals surface area contributed by atoms with Gasteiger partial charge < -0.3 is 10.6 Å². The minimum absolute atomic E-state index is 0.235. The van der Waals surface area contributed by atoms with Gasteiger partial charge in [-0.15, -0.1) is 11.3 Å². The average Bonchev–Trinajstić information content (AvgIpc) is 2.86. The fraction of sp³-hybridized carbons (Fsp3) is 0.333. The van der Waals surface area contributed by atoms with Crippen LogP contribution >= 0.6 is 22.9 Å². The van der Waals surface area contributed by atoms with Crippen molar-refractivity contribution in [3.63, 3.8) is 0 Å². The summed E-state index contributed by atoms with van der Waals surface area (Å²) >= 11 is 7.75. The smallest absolute Gasteiger partial charge is 0.0757 e. The summed E-state index contributed by atoms with van der Waals surface area (Å²) in [6.07, 6.45) is 2.35. The third kappa shape index (κ3) is 2.50. The molecule has 0 spiro atoms. The third-order valence-corrected chi connectivity index (χ3v) is 5.04. The van der Waals surface area contributed by atoms with Crippen molar-refractivity contribution >= 4 is 28.6 Å². The van der Waals surface area contributed by atoms with Gasteiger partial charge in [0.1, 0.15) is 0 Å². The second kappa shape index (κ2) is 5.53. The zero-order valence-corrected chi connectivity index (χ0v) is 12.3. The van der Waals surface area contributed by atoms with Crippen LogP contribution in [0.25, 0.3) is 0 Å². The Bertz CT molecular complexity index is 567. The highest BCUT2D eigenvalue weighted by atomic mass is 35.5. The van der Waals surface area contributed by atoms with Crippen molar-refractivity contribution in [1.82, 2.24) is 0 Å². The maximum absolute atomic E-state index is 6.05. The van der Waals surface area contributed by atoms with Crippen molar-refractivity contribution in [2.24, 2.45) is 5.73 Å². The van der Waals surface area contributed by atoms with Gasteiger partial charge in [0.2, 0.25) is 0 Å². The summed E-state index contributed by atoms with van der Waals surface area (Å²) in [4.78, 5) is 3.69. The molecule has 1 aromatic carbocycles. The molecule has 1 aromatic heterocycles. The molecule has 0 bridgehead atoms. The van der Waals surface area contributed by atoms with Crippen LogP contribution in [0.15, 0.2) is 35.7 Å². The topological polar surface area (TPSA) is 29.3 Å². The molecule has 2 N–H and O–H groups in total. The SMILES string of the molecule is NCC(c1cc(Cl)cs1)N1CCCc2ccccc21. The number of hydrogen-bond donors (Lipinski definition) is 1. The number of benzene rings is 1. The number of anilines is 1. The molecule has 19 heavy (non-hydrogen) atoms. The highest BCUT2D eigenvalue weighted by molar-refractivity contribution is 7.10. The zero-order valence-electron chi connectivity index (χ0n) is 10.7. The summed E-state index contributed by atoms with van der Waals surface area (Å²) in [6.45, 7) is 1.68. The molecule has 2 heterocycles. The first kappa shape index (κ1) is 13.0. The predicted molar refractivity (Wildman–Crippen MR) is 83.2 cm³/mol. The second-order valence-corrected chi connectivity index (χ2v) is 6.22. The van der Waals surface area contributed by atoms with Gasteiger partial charge in [-0.2, -0.15) is 0 Å². The number of halogens is 1. The normalized spacial score (nSPS) is 16.2. The molecule has 0 fully saturated rings. The van der Waals surface area contributed by atoms with Crippen LogP contribution in [-0.2, 0) is 6.42 Å². The lowest BCUT2D eigenvalue weighted by molar-refractivity contribution is 0.594. The summed E-state index contributed by atoms with van der Waals surface area (Å²) in [5, 5.41) is 2.79. The van der Waals surface area contributed by atoms with Crippen LogP contribution in [-0.4, -0.2) is 13.1 Å². The van der Waals surface area contributed by atoms with Crippen molar-refractivity contribution in [1.29, 1.82) is 0 Å². The van der Waals surface area contributed by atoms with Crippen molar-refractivity contribution < 1.29 is 0 Å². The van der Waals surface area contributed by atoms with Gasteiger partial charge in [-0.1, -0.05) is 29.8 Å². The molecular formula is C15H17ClN2S. The highest BCUT2D eigenvalue weighted by Gasteiger charge is 2.25. The van der Waals surface area contributed by atoms with Crippen LogP contribution < -0.4 is 10.6 Å². The molecule has 2 aromatic rings. The van der Waals surface area contributed by atoms with E-state index in [1.807, 2.05) is 11.4 Å². The van der Waals surface area contributed by atoms with Gasteiger partial charge in [0.25, 0.3) is 0 Å². The summed E-state index contributed by atoms with van der Waals surface area (Å²) in [5.74, 6) is 0. The van der Waals surface area contributed by atoms with E-state index in [-0.39, 0.29) is 6.04 Å². The lowest BCUT2D eigenvalue weighted by Gasteiger charge is -2.37. The standard InChI is InChI=1S/C15H17ClN2S/c16-12-8-15(19-10-12)14(9-17)18-7-3-5-11-4-1-2-6-13(11)18/h1-2,4,6,8,10,14H,3,5,7,9,17H2. The second-order valence-electron chi connectivity index (χ2n) is 4.84. The van der Waals surface area contributed by atoms with Crippen molar-refractivity contribution in [3.8, 4) is 0 Å². The monoisotopic (exact) mass is 292 g/mol. The summed E-state index contributed by atoms with van der Waals surface area (Å²) < 4.78 is 0. The Hall–Kier alpha value is -1.03. The van der Waals surface area contributed by atoms with Crippen LogP contribution in [0.1, 0.15) is 22.9 Å². The van der Waals surface area contributed by atoms with E-state index in [1.165, 1.54) is 22.5 Å². The van der Waals surface area contributed by atoms with Crippen LogP contribution in [0.2, 0.25) is 5.02 Å². The minimum Gasteiger partial charge on any atom is -0.362 e. The molecule has 4 heteroatoms. The number of thiophene rings is 1. The number of nitrogens with two attached hydrogens (primary N) is 1. The van der Waals surface area contributed by atoms with E-state index in [4.69, 9.17) is 17.3 Å². The molecule has 0 aliphatic carbocycles. The van der Waals surface area contributed by atoms with Crippen LogP contribution in [0.3, 0.4) is 0 Å². The van der Waals surface area contributed by atoms with Gasteiger partial charge in [0.15, 0.2) is 0 Å². The van der Waals surface area contributed by atoms with E-state index in [0.29, 0.717) is 6.54 Å². The maximum Gasteiger partial charge on any atom is 0.0757 e. The molecule has 0 saturated heterocycles. The number of hydrogen-bond acceptors (Lipinski definition) is 3. The maximum atomic E-state index is 6.05. The molecule has 0 amide bonds. The molecule has 100 valence electrons. The van der Waals surface area contributed by atoms with E-state index >= 15 is 0 Å². The Morgan fingerprint density at radius 2 is 2.21 bits per heavy atom. The number of rotatable bonds is 3. The largest absolute Gasteiger partial charge is 0.362 e. The van der Waals surface area contributed by atoms with E-state index in [1.54, 1.807) is 11.3 Å². The van der Waals surface area contributed by atoms with Crippen molar-refractivity contribution in [2.75, 3.05) is 18.0 Å². The average molecular weight is 293 g/mol. The number of fused-ring (bicyclic) bond motifs is 1. The molecule has 0 saturated carbocycles. The molecule has 1 unspecified atom stereocenters. The fourth-order valence-corrected chi connectivity index (χ4v) is 3.99. The quantitative estimate of drug-likeness (QED) is 0.931. The van der Waals surface area contributed by atoms with Gasteiger partial charge in [0.05, 0.1) is 11.1 Å². The Kier molecular flexibility index (Phi) is 3.78. The molecule has 2 nitrogen and oxygen atoms in total. The van der Waals surface area contributed by atoms with Crippen molar-refractivity contribution in [3.05, 3.63) is 51.2 Å². The third-order valence-electron chi connectivity index (χ3n) is 3.66. The predicted octanol–water partition coefficient (Wildman–Crippen LogP) is 3.85. The summed E-state index contributed by atoms with van der Waals surface area (Å²) in [6, 6.07) is 10.9. The highest BCUT2D eigenvalue weighted by Crippen LogP contribution is 2.36. The number of aryl methyl sites for hydroxylation is 1. The molecule has 3 rings (SSSR count). The van der Waals surface area contributed by atoms with Gasteiger partial charge in [-0.25, -0.2) is 0 Å². The van der Waals surface area contributed by atoms with Crippen LogP contribution in [0, 0.1) is 0 Å². The lowest BCUT2D eigenvalue weighted by atomic mass is 9.99. The first-order chi connectivity index (χ1) is 9.29. The van der Waals surface area contributed by atoms with E-state index in [9.17, 15) is 0 Å². The Morgan fingerprint density at radius 1 is 1.37 bits per heavy atom. The fourth-order valence-electron chi connectivity index (χ4n) is 2.79. The molecular weight excluding hydrogens is 276 g/mol. The van der Waals surface area contributed by atoms with Gasteiger partial charge in [-0.3, -0.25) is 0 Å². The Labute approximate surface area is 122 Å². The zero-order chi connectivity index (χ0) is 13.2. The first-order valence-electron chi connectivity index (χ1n) is 6.58. The van der Waals surface area contributed by atoms with Crippen molar-refractivity contribution in [2.45, 2.75) is 18.9 Å². The van der Waals surface area contributed by atoms with Gasteiger partial charge in [-0.05, 0) is 30.5 Å². The first-order valence-corrected chi connectivity index (χ1v) is 7.84.